The fraction of sp³-hybridized carbons (Fsp3) is 0.182. The molecular formula is C22H20N8S. The molecule has 0 aliphatic rings. The molecule has 0 aromatic carbocycles. The van der Waals surface area contributed by atoms with Gasteiger partial charge in [0.1, 0.15) is 5.82 Å². The van der Waals surface area contributed by atoms with Crippen LogP contribution in [0.5, 0.6) is 0 Å². The monoisotopic (exact) mass is 428 g/mol. The van der Waals surface area contributed by atoms with Crippen LogP contribution in [-0.2, 0) is 6.54 Å². The molecule has 0 spiro atoms. The highest BCUT2D eigenvalue weighted by atomic mass is 32.1. The normalized spacial score (nSPS) is 11.3. The van der Waals surface area contributed by atoms with Crippen molar-refractivity contribution in [3.63, 3.8) is 0 Å². The summed E-state index contributed by atoms with van der Waals surface area (Å²) in [4.78, 5) is 13.6. The number of rotatable bonds is 6. The summed E-state index contributed by atoms with van der Waals surface area (Å²) in [5.74, 6) is 1.75. The minimum Gasteiger partial charge on any atom is -0.323 e. The molecule has 5 rings (SSSR count). The van der Waals surface area contributed by atoms with Crippen LogP contribution in [0.4, 0.5) is 11.6 Å². The Kier molecular flexibility index (Phi) is 5.09. The summed E-state index contributed by atoms with van der Waals surface area (Å²) in [6.45, 7) is 4.90. The highest BCUT2D eigenvalue weighted by Crippen LogP contribution is 2.24. The lowest BCUT2D eigenvalue weighted by atomic mass is 10.1. The topological polar surface area (TPSA) is 94.3 Å². The number of fused-ring (bicyclic) bond motifs is 1. The first kappa shape index (κ1) is 19.3. The van der Waals surface area contributed by atoms with Crippen LogP contribution in [0.1, 0.15) is 31.0 Å². The van der Waals surface area contributed by atoms with Crippen molar-refractivity contribution < 1.29 is 0 Å². The van der Waals surface area contributed by atoms with Gasteiger partial charge in [-0.05, 0) is 35.7 Å². The standard InChI is InChI=1S/C22H20N8S/c1-14(2)15-6-22(29-25-8-15)28-21-4-3-19-20(27-21)5-16(7-23-19)17-9-26-30(10-17)11-18-12-31-13-24-18/h3-10,12-14H,11H2,1-2H3,(H,27,28,29). The molecule has 9 heteroatoms. The Morgan fingerprint density at radius 3 is 2.77 bits per heavy atom. The molecule has 5 heterocycles. The van der Waals surface area contributed by atoms with Crippen molar-refractivity contribution in [1.29, 1.82) is 0 Å². The third-order valence-electron chi connectivity index (χ3n) is 4.91. The largest absolute Gasteiger partial charge is 0.323 e. The predicted molar refractivity (Wildman–Crippen MR) is 121 cm³/mol. The molecule has 8 nitrogen and oxygen atoms in total. The molecule has 0 atom stereocenters. The van der Waals surface area contributed by atoms with Crippen LogP contribution in [0.15, 0.2) is 59.9 Å². The van der Waals surface area contributed by atoms with Gasteiger partial charge in [-0.1, -0.05) is 13.8 Å². The summed E-state index contributed by atoms with van der Waals surface area (Å²) >= 11 is 1.58. The van der Waals surface area contributed by atoms with E-state index in [0.29, 0.717) is 24.1 Å². The maximum absolute atomic E-state index is 4.72. The van der Waals surface area contributed by atoms with E-state index in [4.69, 9.17) is 4.98 Å². The van der Waals surface area contributed by atoms with Gasteiger partial charge in [-0.3, -0.25) is 9.67 Å². The van der Waals surface area contributed by atoms with Gasteiger partial charge >= 0.3 is 0 Å². The van der Waals surface area contributed by atoms with Crippen LogP contribution in [-0.4, -0.2) is 34.9 Å². The minimum atomic E-state index is 0.379. The first-order valence-corrected chi connectivity index (χ1v) is 10.8. The SMILES string of the molecule is CC(C)c1cnnc(Nc2ccc3ncc(-c4cnn(Cc5cscn5)c4)cc3n2)c1. The maximum Gasteiger partial charge on any atom is 0.154 e. The van der Waals surface area contributed by atoms with Crippen LogP contribution >= 0.6 is 11.3 Å². The molecule has 0 aliphatic carbocycles. The summed E-state index contributed by atoms with van der Waals surface area (Å²) in [6.07, 6.45) is 7.47. The zero-order valence-corrected chi connectivity index (χ0v) is 17.9. The number of thiazole rings is 1. The fourth-order valence-electron chi connectivity index (χ4n) is 3.20. The highest BCUT2D eigenvalue weighted by Gasteiger charge is 2.08. The van der Waals surface area contributed by atoms with Gasteiger partial charge in [0.15, 0.2) is 5.82 Å². The second-order valence-corrected chi connectivity index (χ2v) is 8.24. The number of pyridine rings is 2. The van der Waals surface area contributed by atoms with Crippen molar-refractivity contribution in [2.45, 2.75) is 26.3 Å². The van der Waals surface area contributed by atoms with E-state index in [1.54, 1.807) is 17.5 Å². The van der Waals surface area contributed by atoms with E-state index in [1.807, 2.05) is 58.4 Å². The summed E-state index contributed by atoms with van der Waals surface area (Å²) in [5.41, 5.74) is 7.52. The minimum absolute atomic E-state index is 0.379. The Bertz CT molecular complexity index is 1330. The molecule has 1 N–H and O–H groups in total. The van der Waals surface area contributed by atoms with Gasteiger partial charge in [-0.2, -0.15) is 10.2 Å². The van der Waals surface area contributed by atoms with Gasteiger partial charge in [0.05, 0.1) is 41.2 Å². The third-order valence-corrected chi connectivity index (χ3v) is 5.55. The number of nitrogens with one attached hydrogen (secondary N) is 1. The molecular weight excluding hydrogens is 408 g/mol. The van der Waals surface area contributed by atoms with Crippen molar-refractivity contribution in [1.82, 2.24) is 34.9 Å². The molecule has 0 bridgehead atoms. The first-order chi connectivity index (χ1) is 15.1. The Labute approximate surface area is 183 Å². The van der Waals surface area contributed by atoms with E-state index in [0.717, 1.165) is 33.4 Å². The Balaban J connectivity index is 1.40. The molecule has 0 unspecified atom stereocenters. The van der Waals surface area contributed by atoms with Crippen LogP contribution in [0.3, 0.4) is 0 Å². The van der Waals surface area contributed by atoms with Crippen LogP contribution < -0.4 is 5.32 Å². The van der Waals surface area contributed by atoms with E-state index in [-0.39, 0.29) is 0 Å². The van der Waals surface area contributed by atoms with E-state index >= 15 is 0 Å². The molecule has 0 saturated heterocycles. The molecule has 0 amide bonds. The summed E-state index contributed by atoms with van der Waals surface area (Å²) < 4.78 is 1.88. The summed E-state index contributed by atoms with van der Waals surface area (Å²) in [5, 5.41) is 18.0. The summed E-state index contributed by atoms with van der Waals surface area (Å²) in [7, 11) is 0. The Morgan fingerprint density at radius 1 is 1.00 bits per heavy atom. The molecule has 5 aromatic heterocycles. The lowest BCUT2D eigenvalue weighted by Crippen LogP contribution is -2.00. The highest BCUT2D eigenvalue weighted by molar-refractivity contribution is 7.07. The van der Waals surface area contributed by atoms with E-state index < -0.39 is 0 Å². The number of hydrogen-bond acceptors (Lipinski definition) is 8. The average Bonchev–Trinajstić information content (AvgIpc) is 3.46. The number of anilines is 2. The fourth-order valence-corrected chi connectivity index (χ4v) is 3.75. The smallest absolute Gasteiger partial charge is 0.154 e. The quantitative estimate of drug-likeness (QED) is 0.420. The molecule has 0 fully saturated rings. The molecule has 5 aromatic rings. The number of aromatic nitrogens is 7. The lowest BCUT2D eigenvalue weighted by molar-refractivity contribution is 0.676. The van der Waals surface area contributed by atoms with Crippen molar-refractivity contribution >= 4 is 34.0 Å². The zero-order chi connectivity index (χ0) is 21.2. The molecule has 0 saturated carbocycles. The van der Waals surface area contributed by atoms with Gasteiger partial charge < -0.3 is 5.32 Å². The van der Waals surface area contributed by atoms with Crippen LogP contribution in [0.25, 0.3) is 22.2 Å². The first-order valence-electron chi connectivity index (χ1n) is 9.90. The van der Waals surface area contributed by atoms with E-state index in [1.165, 1.54) is 0 Å². The van der Waals surface area contributed by atoms with Crippen molar-refractivity contribution in [2.24, 2.45) is 0 Å². The van der Waals surface area contributed by atoms with Crippen molar-refractivity contribution in [3.05, 3.63) is 71.2 Å². The van der Waals surface area contributed by atoms with E-state index in [9.17, 15) is 0 Å². The summed E-state index contributed by atoms with van der Waals surface area (Å²) in [6, 6.07) is 7.85. The van der Waals surface area contributed by atoms with Gasteiger partial charge in [0.25, 0.3) is 0 Å². The molecule has 31 heavy (non-hydrogen) atoms. The van der Waals surface area contributed by atoms with Crippen LogP contribution in [0, 0.1) is 0 Å². The third kappa shape index (κ3) is 4.26. The average molecular weight is 429 g/mol. The van der Waals surface area contributed by atoms with Crippen molar-refractivity contribution in [2.75, 3.05) is 5.32 Å². The maximum atomic E-state index is 4.72. The van der Waals surface area contributed by atoms with E-state index in [2.05, 4.69) is 44.4 Å². The van der Waals surface area contributed by atoms with Gasteiger partial charge in [-0.25, -0.2) is 9.97 Å². The number of nitrogens with zero attached hydrogens (tertiary/aromatic N) is 7. The second-order valence-electron chi connectivity index (χ2n) is 7.52. The second kappa shape index (κ2) is 8.19. The van der Waals surface area contributed by atoms with Crippen LogP contribution in [0.2, 0.25) is 0 Å². The Hall–Kier alpha value is -3.72. The van der Waals surface area contributed by atoms with Gasteiger partial charge in [-0.15, -0.1) is 16.4 Å². The van der Waals surface area contributed by atoms with Crippen molar-refractivity contribution in [3.8, 4) is 11.1 Å². The Morgan fingerprint density at radius 2 is 1.94 bits per heavy atom. The zero-order valence-electron chi connectivity index (χ0n) is 17.1. The predicted octanol–water partition coefficient (Wildman–Crippen LogP) is 4.66. The lowest BCUT2D eigenvalue weighted by Gasteiger charge is -2.09. The number of hydrogen-bond donors (Lipinski definition) is 1. The molecule has 0 aliphatic heterocycles. The molecule has 0 radical (unpaired) electrons. The molecule has 154 valence electrons. The van der Waals surface area contributed by atoms with Gasteiger partial charge in [0, 0.05) is 28.9 Å². The van der Waals surface area contributed by atoms with Gasteiger partial charge in [0.2, 0.25) is 0 Å².